The van der Waals surface area contributed by atoms with Gasteiger partial charge in [0.2, 0.25) is 0 Å². The molecule has 13 heavy (non-hydrogen) atoms. The zero-order valence-corrected chi connectivity index (χ0v) is 9.39. The summed E-state index contributed by atoms with van der Waals surface area (Å²) in [6.07, 6.45) is 5.57. The Labute approximate surface area is 81.9 Å². The van der Waals surface area contributed by atoms with Crippen LogP contribution in [0.25, 0.3) is 0 Å². The second kappa shape index (κ2) is 2.73. The van der Waals surface area contributed by atoms with Crippen molar-refractivity contribution in [2.45, 2.75) is 52.1 Å². The van der Waals surface area contributed by atoms with E-state index >= 15 is 0 Å². The van der Waals surface area contributed by atoms with Crippen molar-refractivity contribution in [3.05, 3.63) is 0 Å². The van der Waals surface area contributed by atoms with E-state index in [0.29, 0.717) is 5.41 Å². The van der Waals surface area contributed by atoms with Gasteiger partial charge in [0.1, 0.15) is 0 Å². The Morgan fingerprint density at radius 1 is 1.23 bits per heavy atom. The summed E-state index contributed by atoms with van der Waals surface area (Å²) in [6, 6.07) is 0. The van der Waals surface area contributed by atoms with Crippen molar-refractivity contribution in [3.8, 4) is 0 Å². The first-order valence-corrected chi connectivity index (χ1v) is 5.55. The van der Waals surface area contributed by atoms with Crippen molar-refractivity contribution >= 4 is 0 Å². The first-order chi connectivity index (χ1) is 5.99. The average Bonchev–Trinajstić information content (AvgIpc) is 2.60. The van der Waals surface area contributed by atoms with Gasteiger partial charge in [0, 0.05) is 7.11 Å². The largest absolute Gasteiger partial charge is 0.377 e. The summed E-state index contributed by atoms with van der Waals surface area (Å²) in [5.41, 5.74) is 0.498. The van der Waals surface area contributed by atoms with Crippen LogP contribution in [0.3, 0.4) is 0 Å². The molecule has 2 rings (SSSR count). The molecule has 3 atom stereocenters. The molecule has 0 saturated heterocycles. The number of hydrogen-bond acceptors (Lipinski definition) is 1. The second-order valence-electron chi connectivity index (χ2n) is 5.92. The molecule has 0 aliphatic heterocycles. The number of rotatable bonds is 1. The third-order valence-corrected chi connectivity index (χ3v) is 4.43. The zero-order valence-electron chi connectivity index (χ0n) is 9.39. The number of hydrogen-bond donors (Lipinski definition) is 0. The minimum atomic E-state index is 0.190. The molecule has 0 aromatic carbocycles. The minimum absolute atomic E-state index is 0.190. The summed E-state index contributed by atoms with van der Waals surface area (Å²) < 4.78 is 5.90. The summed E-state index contributed by atoms with van der Waals surface area (Å²) in [4.78, 5) is 0. The van der Waals surface area contributed by atoms with Gasteiger partial charge in [-0.1, -0.05) is 20.8 Å². The fraction of sp³-hybridized carbons (Fsp3) is 1.00. The first-order valence-electron chi connectivity index (χ1n) is 5.55. The van der Waals surface area contributed by atoms with Crippen molar-refractivity contribution in [3.63, 3.8) is 0 Å². The molecule has 1 nitrogen and oxygen atoms in total. The Balaban J connectivity index is 2.27. The van der Waals surface area contributed by atoms with Crippen molar-refractivity contribution in [2.24, 2.45) is 17.3 Å². The molecule has 0 N–H and O–H groups in total. The van der Waals surface area contributed by atoms with Crippen molar-refractivity contribution < 1.29 is 4.74 Å². The molecule has 2 saturated carbocycles. The summed E-state index contributed by atoms with van der Waals surface area (Å²) in [5.74, 6) is 1.80. The fourth-order valence-corrected chi connectivity index (χ4v) is 3.75. The number of fused-ring (bicyclic) bond motifs is 2. The lowest BCUT2D eigenvalue weighted by molar-refractivity contribution is -0.128. The van der Waals surface area contributed by atoms with Crippen molar-refractivity contribution in [2.75, 3.05) is 7.11 Å². The topological polar surface area (TPSA) is 9.23 Å². The Morgan fingerprint density at radius 3 is 2.15 bits per heavy atom. The average molecular weight is 182 g/mol. The molecule has 3 unspecified atom stereocenters. The highest BCUT2D eigenvalue weighted by Crippen LogP contribution is 2.58. The lowest BCUT2D eigenvalue weighted by Crippen LogP contribution is -2.48. The smallest absolute Gasteiger partial charge is 0.0757 e. The van der Waals surface area contributed by atoms with Crippen LogP contribution in [-0.2, 0) is 4.74 Å². The normalized spacial score (nSPS) is 44.3. The van der Waals surface area contributed by atoms with Gasteiger partial charge in [-0.25, -0.2) is 0 Å². The van der Waals surface area contributed by atoms with E-state index in [1.165, 1.54) is 25.7 Å². The molecular weight excluding hydrogens is 160 g/mol. The van der Waals surface area contributed by atoms with Crippen LogP contribution in [0.1, 0.15) is 46.5 Å². The molecule has 2 fully saturated rings. The number of methoxy groups -OCH3 is 1. The highest BCUT2D eigenvalue weighted by Gasteiger charge is 2.57. The predicted molar refractivity (Wildman–Crippen MR) is 54.6 cm³/mol. The molecule has 76 valence electrons. The monoisotopic (exact) mass is 182 g/mol. The van der Waals surface area contributed by atoms with Gasteiger partial charge in [0.05, 0.1) is 5.60 Å². The maximum absolute atomic E-state index is 5.90. The van der Waals surface area contributed by atoms with Crippen LogP contribution in [0.15, 0.2) is 0 Å². The first kappa shape index (κ1) is 9.51. The quantitative estimate of drug-likeness (QED) is 0.605. The van der Waals surface area contributed by atoms with E-state index in [1.807, 2.05) is 7.11 Å². The van der Waals surface area contributed by atoms with Gasteiger partial charge in [0.15, 0.2) is 0 Å². The van der Waals surface area contributed by atoms with E-state index in [4.69, 9.17) is 4.74 Å². The standard InChI is InChI=1S/C12H22O/c1-11(2,3)12(13-4)8-9-5-6-10(12)7-9/h9-10H,5-8H2,1-4H3. The maximum atomic E-state index is 5.90. The van der Waals surface area contributed by atoms with E-state index in [1.54, 1.807) is 0 Å². The highest BCUT2D eigenvalue weighted by atomic mass is 16.5. The molecule has 2 aliphatic carbocycles. The van der Waals surface area contributed by atoms with Crippen LogP contribution in [0.2, 0.25) is 0 Å². The summed E-state index contributed by atoms with van der Waals surface area (Å²) >= 11 is 0. The summed E-state index contributed by atoms with van der Waals surface area (Å²) in [5, 5.41) is 0. The molecule has 0 heterocycles. The van der Waals surface area contributed by atoms with E-state index in [-0.39, 0.29) is 5.60 Å². The maximum Gasteiger partial charge on any atom is 0.0757 e. The van der Waals surface area contributed by atoms with Gasteiger partial charge in [-0.15, -0.1) is 0 Å². The third kappa shape index (κ3) is 1.16. The van der Waals surface area contributed by atoms with Crippen LogP contribution in [0.5, 0.6) is 0 Å². The van der Waals surface area contributed by atoms with Crippen LogP contribution < -0.4 is 0 Å². The van der Waals surface area contributed by atoms with E-state index < -0.39 is 0 Å². The fourth-order valence-electron chi connectivity index (χ4n) is 3.75. The molecule has 0 aromatic rings. The molecule has 2 bridgehead atoms. The third-order valence-electron chi connectivity index (χ3n) is 4.43. The number of ether oxygens (including phenoxy) is 1. The summed E-state index contributed by atoms with van der Waals surface area (Å²) in [6.45, 7) is 6.99. The zero-order chi connectivity index (χ0) is 9.69. The molecular formula is C12H22O. The highest BCUT2D eigenvalue weighted by molar-refractivity contribution is 5.07. The second-order valence-corrected chi connectivity index (χ2v) is 5.92. The van der Waals surface area contributed by atoms with Crippen LogP contribution >= 0.6 is 0 Å². The van der Waals surface area contributed by atoms with Gasteiger partial charge >= 0.3 is 0 Å². The van der Waals surface area contributed by atoms with Gasteiger partial charge in [0.25, 0.3) is 0 Å². The van der Waals surface area contributed by atoms with Crippen LogP contribution in [0.4, 0.5) is 0 Å². The van der Waals surface area contributed by atoms with E-state index in [2.05, 4.69) is 20.8 Å². The van der Waals surface area contributed by atoms with Gasteiger partial charge in [-0.3, -0.25) is 0 Å². The molecule has 0 radical (unpaired) electrons. The Morgan fingerprint density at radius 2 is 1.92 bits per heavy atom. The Hall–Kier alpha value is -0.0400. The van der Waals surface area contributed by atoms with E-state index in [9.17, 15) is 0 Å². The Bertz CT molecular complexity index is 204. The lowest BCUT2D eigenvalue weighted by atomic mass is 9.67. The van der Waals surface area contributed by atoms with Gasteiger partial charge in [-0.05, 0) is 42.9 Å². The lowest BCUT2D eigenvalue weighted by Gasteiger charge is -2.47. The predicted octanol–water partition coefficient (Wildman–Crippen LogP) is 3.24. The van der Waals surface area contributed by atoms with Crippen molar-refractivity contribution in [1.29, 1.82) is 0 Å². The van der Waals surface area contributed by atoms with Crippen molar-refractivity contribution in [1.82, 2.24) is 0 Å². The molecule has 0 aromatic heterocycles. The summed E-state index contributed by atoms with van der Waals surface area (Å²) in [7, 11) is 1.91. The minimum Gasteiger partial charge on any atom is -0.377 e. The molecule has 2 aliphatic rings. The van der Waals surface area contributed by atoms with Crippen LogP contribution in [-0.4, -0.2) is 12.7 Å². The molecule has 0 amide bonds. The van der Waals surface area contributed by atoms with E-state index in [0.717, 1.165) is 11.8 Å². The van der Waals surface area contributed by atoms with Gasteiger partial charge in [-0.2, -0.15) is 0 Å². The van der Waals surface area contributed by atoms with Crippen LogP contribution in [0, 0.1) is 17.3 Å². The molecule has 0 spiro atoms. The van der Waals surface area contributed by atoms with Gasteiger partial charge < -0.3 is 4.74 Å². The SMILES string of the molecule is COC1(C(C)(C)C)CC2CCC1C2. The Kier molecular flexibility index (Phi) is 1.99. The molecule has 1 heteroatoms.